The molecule has 2 N–H and O–H groups in total. The first-order valence-corrected chi connectivity index (χ1v) is 9.69. The lowest BCUT2D eigenvalue weighted by Crippen LogP contribution is -2.39. The molecule has 0 atom stereocenters. The summed E-state index contributed by atoms with van der Waals surface area (Å²) < 4.78 is 1.68. The van der Waals surface area contributed by atoms with E-state index in [1.165, 1.54) is 0 Å². The molecule has 1 aliphatic rings. The van der Waals surface area contributed by atoms with E-state index in [4.69, 9.17) is 0 Å². The van der Waals surface area contributed by atoms with E-state index in [9.17, 15) is 9.59 Å². The summed E-state index contributed by atoms with van der Waals surface area (Å²) in [6, 6.07) is 7.57. The molecule has 0 bridgehead atoms. The SMILES string of the molecule is CCn1c(CC2CCN(C(=O)c3ccccc3-c3ncc[nH]3)CC2)n[nH]c1=O. The summed E-state index contributed by atoms with van der Waals surface area (Å²) in [6.07, 6.45) is 6.01. The Kier molecular flexibility index (Phi) is 5.10. The Morgan fingerprint density at radius 2 is 2.04 bits per heavy atom. The van der Waals surface area contributed by atoms with E-state index in [1.807, 2.05) is 36.1 Å². The van der Waals surface area contributed by atoms with Crippen LogP contribution in [-0.4, -0.2) is 48.6 Å². The number of aromatic nitrogens is 5. The van der Waals surface area contributed by atoms with Gasteiger partial charge in [-0.2, -0.15) is 5.10 Å². The number of benzene rings is 1. The van der Waals surface area contributed by atoms with Gasteiger partial charge in [-0.05, 0) is 31.7 Å². The van der Waals surface area contributed by atoms with Crippen molar-refractivity contribution >= 4 is 5.91 Å². The Hall–Kier alpha value is -3.16. The van der Waals surface area contributed by atoms with E-state index in [0.717, 1.165) is 30.7 Å². The van der Waals surface area contributed by atoms with E-state index in [1.54, 1.807) is 17.0 Å². The number of imidazole rings is 1. The highest BCUT2D eigenvalue weighted by Gasteiger charge is 2.26. The highest BCUT2D eigenvalue weighted by Crippen LogP contribution is 2.25. The Morgan fingerprint density at radius 1 is 1.25 bits per heavy atom. The third kappa shape index (κ3) is 3.49. The molecule has 1 aromatic carbocycles. The standard InChI is InChI=1S/C20H24N6O2/c1-2-26-17(23-24-20(26)28)13-14-7-11-25(12-8-14)19(27)16-6-4-3-5-15(16)18-21-9-10-22-18/h3-6,9-10,14H,2,7-8,11-13H2,1H3,(H,21,22)(H,24,28). The van der Waals surface area contributed by atoms with Gasteiger partial charge in [0.1, 0.15) is 11.6 Å². The van der Waals surface area contributed by atoms with Crippen LogP contribution in [0.1, 0.15) is 35.9 Å². The molecule has 3 aromatic rings. The van der Waals surface area contributed by atoms with Crippen molar-refractivity contribution < 1.29 is 4.79 Å². The second kappa shape index (κ2) is 7.84. The number of hydrogen-bond donors (Lipinski definition) is 2. The summed E-state index contributed by atoms with van der Waals surface area (Å²) in [5.74, 6) is 1.97. The molecule has 8 heteroatoms. The van der Waals surface area contributed by atoms with Crippen molar-refractivity contribution in [2.24, 2.45) is 5.92 Å². The van der Waals surface area contributed by atoms with Crippen LogP contribution < -0.4 is 5.69 Å². The van der Waals surface area contributed by atoms with E-state index < -0.39 is 0 Å². The molecule has 2 aromatic heterocycles. The lowest BCUT2D eigenvalue weighted by atomic mass is 9.92. The van der Waals surface area contributed by atoms with Crippen LogP contribution in [0.4, 0.5) is 0 Å². The predicted octanol–water partition coefficient (Wildman–Crippen LogP) is 2.08. The molecule has 8 nitrogen and oxygen atoms in total. The molecule has 3 heterocycles. The first kappa shape index (κ1) is 18.2. The van der Waals surface area contributed by atoms with Crippen LogP contribution in [-0.2, 0) is 13.0 Å². The Morgan fingerprint density at radius 3 is 2.75 bits per heavy atom. The Labute approximate surface area is 162 Å². The van der Waals surface area contributed by atoms with Gasteiger partial charge in [0, 0.05) is 44.0 Å². The van der Waals surface area contributed by atoms with E-state index in [0.29, 0.717) is 36.9 Å². The number of carbonyl (C=O) groups excluding carboxylic acids is 1. The predicted molar refractivity (Wildman–Crippen MR) is 105 cm³/mol. The van der Waals surface area contributed by atoms with Crippen molar-refractivity contribution in [3.05, 3.63) is 58.5 Å². The summed E-state index contributed by atoms with van der Waals surface area (Å²) in [7, 11) is 0. The van der Waals surface area contributed by atoms with Gasteiger partial charge in [0.05, 0.1) is 5.56 Å². The molecule has 0 saturated carbocycles. The summed E-state index contributed by atoms with van der Waals surface area (Å²) in [6.45, 7) is 3.97. The van der Waals surface area contributed by atoms with Crippen LogP contribution >= 0.6 is 0 Å². The lowest BCUT2D eigenvalue weighted by Gasteiger charge is -2.32. The van der Waals surface area contributed by atoms with Crippen molar-refractivity contribution in [3.8, 4) is 11.4 Å². The molecule has 1 aliphatic heterocycles. The van der Waals surface area contributed by atoms with Crippen molar-refractivity contribution in [2.45, 2.75) is 32.7 Å². The van der Waals surface area contributed by atoms with Gasteiger partial charge in [-0.3, -0.25) is 9.36 Å². The summed E-state index contributed by atoms with van der Waals surface area (Å²) in [5.41, 5.74) is 1.34. The minimum atomic E-state index is -0.153. The van der Waals surface area contributed by atoms with Gasteiger partial charge in [-0.25, -0.2) is 14.9 Å². The number of nitrogens with zero attached hydrogens (tertiary/aromatic N) is 4. The average molecular weight is 380 g/mol. The topological polar surface area (TPSA) is 99.7 Å². The number of nitrogens with one attached hydrogen (secondary N) is 2. The highest BCUT2D eigenvalue weighted by molar-refractivity contribution is 6.00. The monoisotopic (exact) mass is 380 g/mol. The summed E-state index contributed by atoms with van der Waals surface area (Å²) >= 11 is 0. The lowest BCUT2D eigenvalue weighted by molar-refractivity contribution is 0.0690. The number of likely N-dealkylation sites (tertiary alicyclic amines) is 1. The summed E-state index contributed by atoms with van der Waals surface area (Å²) in [5, 5.41) is 6.69. The maximum absolute atomic E-state index is 13.1. The van der Waals surface area contributed by atoms with E-state index in [2.05, 4.69) is 20.2 Å². The second-order valence-corrected chi connectivity index (χ2v) is 7.11. The number of piperidine rings is 1. The third-order valence-corrected chi connectivity index (χ3v) is 5.44. The van der Waals surface area contributed by atoms with Crippen LogP contribution in [0, 0.1) is 5.92 Å². The average Bonchev–Trinajstić information content (AvgIpc) is 3.38. The quantitative estimate of drug-likeness (QED) is 0.708. The van der Waals surface area contributed by atoms with E-state index >= 15 is 0 Å². The van der Waals surface area contributed by atoms with Gasteiger partial charge in [0.25, 0.3) is 5.91 Å². The number of aromatic amines is 2. The number of hydrogen-bond acceptors (Lipinski definition) is 4. The van der Waals surface area contributed by atoms with Crippen molar-refractivity contribution in [1.29, 1.82) is 0 Å². The molecule has 1 fully saturated rings. The minimum Gasteiger partial charge on any atom is -0.345 e. The molecule has 4 rings (SSSR count). The maximum atomic E-state index is 13.1. The van der Waals surface area contributed by atoms with Gasteiger partial charge >= 0.3 is 5.69 Å². The zero-order valence-electron chi connectivity index (χ0n) is 15.9. The normalized spacial score (nSPS) is 15.1. The molecular formula is C20H24N6O2. The van der Waals surface area contributed by atoms with Crippen molar-refractivity contribution in [3.63, 3.8) is 0 Å². The number of amides is 1. The van der Waals surface area contributed by atoms with Crippen LogP contribution in [0.15, 0.2) is 41.5 Å². The first-order valence-electron chi connectivity index (χ1n) is 9.69. The van der Waals surface area contributed by atoms with Gasteiger partial charge in [-0.1, -0.05) is 18.2 Å². The van der Waals surface area contributed by atoms with Crippen molar-refractivity contribution in [2.75, 3.05) is 13.1 Å². The fourth-order valence-corrected chi connectivity index (χ4v) is 3.89. The maximum Gasteiger partial charge on any atom is 0.343 e. The van der Waals surface area contributed by atoms with Crippen LogP contribution in [0.5, 0.6) is 0 Å². The highest BCUT2D eigenvalue weighted by atomic mass is 16.2. The molecule has 1 amide bonds. The largest absolute Gasteiger partial charge is 0.345 e. The molecule has 146 valence electrons. The Balaban J connectivity index is 1.43. The summed E-state index contributed by atoms with van der Waals surface area (Å²) in [4.78, 5) is 34.1. The van der Waals surface area contributed by atoms with Gasteiger partial charge in [0.15, 0.2) is 0 Å². The molecule has 28 heavy (non-hydrogen) atoms. The van der Waals surface area contributed by atoms with Gasteiger partial charge in [-0.15, -0.1) is 0 Å². The molecule has 0 unspecified atom stereocenters. The second-order valence-electron chi connectivity index (χ2n) is 7.11. The zero-order valence-corrected chi connectivity index (χ0v) is 15.9. The minimum absolute atomic E-state index is 0.0377. The smallest absolute Gasteiger partial charge is 0.343 e. The van der Waals surface area contributed by atoms with Crippen LogP contribution in [0.2, 0.25) is 0 Å². The fourth-order valence-electron chi connectivity index (χ4n) is 3.89. The van der Waals surface area contributed by atoms with E-state index in [-0.39, 0.29) is 11.6 Å². The van der Waals surface area contributed by atoms with Crippen LogP contribution in [0.25, 0.3) is 11.4 Å². The van der Waals surface area contributed by atoms with Crippen molar-refractivity contribution in [1.82, 2.24) is 29.6 Å². The number of rotatable bonds is 5. The van der Waals surface area contributed by atoms with Gasteiger partial charge in [0.2, 0.25) is 0 Å². The molecule has 1 saturated heterocycles. The van der Waals surface area contributed by atoms with Gasteiger partial charge < -0.3 is 9.88 Å². The molecule has 0 spiro atoms. The number of H-pyrrole nitrogens is 2. The van der Waals surface area contributed by atoms with Crippen LogP contribution in [0.3, 0.4) is 0 Å². The molecule has 0 radical (unpaired) electrons. The number of carbonyl (C=O) groups is 1. The zero-order chi connectivity index (χ0) is 19.5. The third-order valence-electron chi connectivity index (χ3n) is 5.44. The first-order chi connectivity index (χ1) is 13.7. The molecular weight excluding hydrogens is 356 g/mol. The fraction of sp³-hybridized carbons (Fsp3) is 0.400. The Bertz CT molecular complexity index is 996. The molecule has 0 aliphatic carbocycles.